The van der Waals surface area contributed by atoms with Gasteiger partial charge in [0.05, 0.1) is 23.1 Å². The van der Waals surface area contributed by atoms with Crippen molar-refractivity contribution >= 4 is 27.4 Å². The van der Waals surface area contributed by atoms with Crippen LogP contribution in [-0.4, -0.2) is 48.8 Å². The molecule has 2 rings (SSSR count). The number of sulfonamides is 1. The average molecular weight is 449 g/mol. The van der Waals surface area contributed by atoms with Crippen LogP contribution in [0.1, 0.15) is 25.3 Å². The quantitative estimate of drug-likeness (QED) is 0.577. The van der Waals surface area contributed by atoms with Gasteiger partial charge in [0.25, 0.3) is 5.56 Å². The Balaban J connectivity index is 2.30. The summed E-state index contributed by atoms with van der Waals surface area (Å²) in [6.07, 6.45) is 1.42. The Labute approximate surface area is 179 Å². The minimum absolute atomic E-state index is 0.0880. The van der Waals surface area contributed by atoms with Gasteiger partial charge in [0.2, 0.25) is 15.9 Å². The largest absolute Gasteiger partial charge is 0.383 e. The molecule has 1 heterocycles. The predicted molar refractivity (Wildman–Crippen MR) is 115 cm³/mol. The van der Waals surface area contributed by atoms with E-state index in [1.165, 1.54) is 42.9 Å². The second-order valence-electron chi connectivity index (χ2n) is 6.85. The molecule has 0 aliphatic heterocycles. The summed E-state index contributed by atoms with van der Waals surface area (Å²) >= 11 is 0. The Morgan fingerprint density at radius 3 is 2.39 bits per heavy atom. The number of carbonyl (C=O) groups excluding carboxylic acids is 1. The highest BCUT2D eigenvalue weighted by Crippen LogP contribution is 2.18. The zero-order valence-electron chi connectivity index (χ0n) is 17.5. The minimum Gasteiger partial charge on any atom is -0.383 e. The van der Waals surface area contributed by atoms with E-state index in [0.29, 0.717) is 12.0 Å². The number of unbranched alkanes of at least 4 members (excludes halogenated alkanes) is 1. The van der Waals surface area contributed by atoms with Gasteiger partial charge in [0.1, 0.15) is 5.82 Å². The predicted octanol–water partition coefficient (Wildman–Crippen LogP) is 0.0741. The molecule has 0 bridgehead atoms. The number of H-pyrrole nitrogens is 1. The SMILES string of the molecule is CCCCn1c(N)c(N(C)C(=O)CN(C)S(=O)(=O)c2ccc(C#N)cc2)c(=O)[nH]c1=O. The van der Waals surface area contributed by atoms with Gasteiger partial charge in [-0.1, -0.05) is 13.3 Å². The van der Waals surface area contributed by atoms with E-state index in [9.17, 15) is 22.8 Å². The Morgan fingerprint density at radius 2 is 1.84 bits per heavy atom. The van der Waals surface area contributed by atoms with Gasteiger partial charge in [0.15, 0.2) is 5.69 Å². The molecule has 1 aromatic carbocycles. The van der Waals surface area contributed by atoms with Crippen molar-refractivity contribution in [3.05, 3.63) is 50.7 Å². The lowest BCUT2D eigenvalue weighted by Gasteiger charge is -2.23. The molecule has 0 unspecified atom stereocenters. The van der Waals surface area contributed by atoms with Crippen molar-refractivity contribution in [2.24, 2.45) is 0 Å². The van der Waals surface area contributed by atoms with E-state index in [4.69, 9.17) is 11.0 Å². The first-order valence-electron chi connectivity index (χ1n) is 9.40. The molecule has 166 valence electrons. The molecule has 3 N–H and O–H groups in total. The number of rotatable bonds is 8. The van der Waals surface area contributed by atoms with Crippen molar-refractivity contribution in [1.29, 1.82) is 5.26 Å². The summed E-state index contributed by atoms with van der Waals surface area (Å²) in [6, 6.07) is 7.14. The number of nitrogen functional groups attached to an aromatic ring is 1. The molecule has 0 saturated carbocycles. The number of hydrogen-bond acceptors (Lipinski definition) is 7. The van der Waals surface area contributed by atoms with E-state index >= 15 is 0 Å². The first-order chi connectivity index (χ1) is 14.5. The molecule has 1 aromatic heterocycles. The van der Waals surface area contributed by atoms with Crippen LogP contribution in [-0.2, 0) is 21.4 Å². The second kappa shape index (κ2) is 9.59. The van der Waals surface area contributed by atoms with Gasteiger partial charge in [0, 0.05) is 20.6 Å². The molecule has 0 saturated heterocycles. The van der Waals surface area contributed by atoms with Crippen LogP contribution in [0.15, 0.2) is 38.8 Å². The van der Waals surface area contributed by atoms with Gasteiger partial charge in [-0.2, -0.15) is 9.57 Å². The van der Waals surface area contributed by atoms with Crippen molar-refractivity contribution < 1.29 is 13.2 Å². The zero-order valence-corrected chi connectivity index (χ0v) is 18.3. The summed E-state index contributed by atoms with van der Waals surface area (Å²) in [5, 5.41) is 8.84. The van der Waals surface area contributed by atoms with E-state index < -0.39 is 33.7 Å². The van der Waals surface area contributed by atoms with Gasteiger partial charge >= 0.3 is 5.69 Å². The molecule has 1 amide bonds. The molecule has 31 heavy (non-hydrogen) atoms. The molecule has 2 aromatic rings. The van der Waals surface area contributed by atoms with Crippen molar-refractivity contribution in [3.8, 4) is 6.07 Å². The van der Waals surface area contributed by atoms with Crippen LogP contribution >= 0.6 is 0 Å². The summed E-state index contributed by atoms with van der Waals surface area (Å²) in [5.74, 6) is -0.895. The third-order valence-electron chi connectivity index (χ3n) is 4.71. The second-order valence-corrected chi connectivity index (χ2v) is 8.89. The minimum atomic E-state index is -4.02. The lowest BCUT2D eigenvalue weighted by Crippen LogP contribution is -2.43. The third-order valence-corrected chi connectivity index (χ3v) is 6.53. The molecule has 0 fully saturated rings. The summed E-state index contributed by atoms with van der Waals surface area (Å²) in [6.45, 7) is 1.61. The van der Waals surface area contributed by atoms with Gasteiger partial charge in [-0.15, -0.1) is 0 Å². The van der Waals surface area contributed by atoms with Crippen LogP contribution in [0, 0.1) is 11.3 Å². The lowest BCUT2D eigenvalue weighted by molar-refractivity contribution is -0.118. The van der Waals surface area contributed by atoms with Gasteiger partial charge in [-0.25, -0.2) is 13.2 Å². The number of nitrogens with two attached hydrogens (primary N) is 1. The number of amides is 1. The Hall–Kier alpha value is -3.43. The standard InChI is InChI=1S/C19H24N6O5S/c1-4-5-10-25-17(21)16(18(27)22-19(25)28)24(3)15(26)12-23(2)31(29,30)14-8-6-13(11-20)7-9-14/h6-9H,4-5,10,12,21H2,1-3H3,(H,22,27,28). The van der Waals surface area contributed by atoms with Crippen molar-refractivity contribution in [2.75, 3.05) is 31.3 Å². The van der Waals surface area contributed by atoms with E-state index in [-0.39, 0.29) is 22.9 Å². The number of aromatic nitrogens is 2. The Bertz CT molecular complexity index is 1220. The van der Waals surface area contributed by atoms with Crippen LogP contribution < -0.4 is 21.9 Å². The van der Waals surface area contributed by atoms with Gasteiger partial charge in [-0.3, -0.25) is 19.1 Å². The molecular formula is C19H24N6O5S. The number of nitrogens with one attached hydrogen (secondary N) is 1. The van der Waals surface area contributed by atoms with Crippen LogP contribution in [0.25, 0.3) is 0 Å². The fourth-order valence-electron chi connectivity index (χ4n) is 2.83. The van der Waals surface area contributed by atoms with Crippen LogP contribution in [0.4, 0.5) is 11.5 Å². The number of aromatic amines is 1. The zero-order chi connectivity index (χ0) is 23.3. The third kappa shape index (κ3) is 5.01. The first-order valence-corrected chi connectivity index (χ1v) is 10.8. The highest BCUT2D eigenvalue weighted by Gasteiger charge is 2.27. The summed E-state index contributed by atoms with van der Waals surface area (Å²) < 4.78 is 27.4. The van der Waals surface area contributed by atoms with E-state index in [1.807, 2.05) is 13.0 Å². The normalized spacial score (nSPS) is 11.3. The van der Waals surface area contributed by atoms with E-state index in [0.717, 1.165) is 15.6 Å². The van der Waals surface area contributed by atoms with Crippen molar-refractivity contribution in [3.63, 3.8) is 0 Å². The maximum atomic E-state index is 12.7. The summed E-state index contributed by atoms with van der Waals surface area (Å²) in [5.41, 5.74) is 4.53. The number of carbonyl (C=O) groups is 1. The smallest absolute Gasteiger partial charge is 0.330 e. The van der Waals surface area contributed by atoms with Gasteiger partial charge in [-0.05, 0) is 30.7 Å². The topological polar surface area (TPSA) is 162 Å². The van der Waals surface area contributed by atoms with E-state index in [2.05, 4.69) is 4.98 Å². The summed E-state index contributed by atoms with van der Waals surface area (Å²) in [4.78, 5) is 40.0. The highest BCUT2D eigenvalue weighted by atomic mass is 32.2. The molecule has 12 heteroatoms. The highest BCUT2D eigenvalue weighted by molar-refractivity contribution is 7.89. The van der Waals surface area contributed by atoms with Crippen molar-refractivity contribution in [2.45, 2.75) is 31.2 Å². The lowest BCUT2D eigenvalue weighted by atomic mass is 10.2. The molecular weight excluding hydrogens is 424 g/mol. The number of likely N-dealkylation sites (N-methyl/N-ethyl adjacent to an activating group) is 2. The monoisotopic (exact) mass is 448 g/mol. The van der Waals surface area contributed by atoms with Gasteiger partial charge < -0.3 is 10.6 Å². The number of benzene rings is 1. The molecule has 0 aliphatic rings. The number of nitrogens with zero attached hydrogens (tertiary/aromatic N) is 4. The fourth-order valence-corrected chi connectivity index (χ4v) is 3.95. The fraction of sp³-hybridized carbons (Fsp3) is 0.368. The number of hydrogen-bond donors (Lipinski definition) is 2. The average Bonchev–Trinajstić information content (AvgIpc) is 2.73. The summed E-state index contributed by atoms with van der Waals surface area (Å²) in [7, 11) is -1.52. The molecule has 11 nitrogen and oxygen atoms in total. The molecule has 0 aliphatic carbocycles. The van der Waals surface area contributed by atoms with E-state index in [1.54, 1.807) is 0 Å². The number of anilines is 2. The molecule has 0 atom stereocenters. The molecule has 0 radical (unpaired) electrons. The maximum Gasteiger partial charge on any atom is 0.330 e. The van der Waals surface area contributed by atoms with Crippen LogP contribution in [0.5, 0.6) is 0 Å². The van der Waals surface area contributed by atoms with Crippen LogP contribution in [0.3, 0.4) is 0 Å². The van der Waals surface area contributed by atoms with Crippen molar-refractivity contribution in [1.82, 2.24) is 13.9 Å². The van der Waals surface area contributed by atoms with Crippen LogP contribution in [0.2, 0.25) is 0 Å². The number of nitriles is 1. The Kier molecular flexibility index (Phi) is 7.37. The Morgan fingerprint density at radius 1 is 1.23 bits per heavy atom. The maximum absolute atomic E-state index is 12.7. The first kappa shape index (κ1) is 23.8. The molecule has 0 spiro atoms.